The highest BCUT2D eigenvalue weighted by atomic mass is 16.6. The zero-order valence-electron chi connectivity index (χ0n) is 11.7. The molecule has 0 radical (unpaired) electrons. The number of carbonyl (C=O) groups is 2. The Kier molecular flexibility index (Phi) is 3.82. The first-order valence-electron chi connectivity index (χ1n) is 7.33. The number of Topliss-reactive ketones (excluding diaryl/α,β-unsaturated/α-hetero) is 1. The number of aliphatic carboxylic acids is 1. The van der Waals surface area contributed by atoms with E-state index in [9.17, 15) is 14.7 Å². The molecule has 5 heteroatoms. The van der Waals surface area contributed by atoms with Gasteiger partial charge in [0.25, 0.3) is 0 Å². The molecule has 5 nitrogen and oxygen atoms in total. The van der Waals surface area contributed by atoms with Gasteiger partial charge in [0, 0.05) is 11.5 Å². The second-order valence-corrected chi connectivity index (χ2v) is 5.56. The Morgan fingerprint density at radius 1 is 1.00 bits per heavy atom. The van der Waals surface area contributed by atoms with Gasteiger partial charge in [0.05, 0.1) is 5.92 Å². The molecule has 1 saturated carbocycles. The molecule has 0 aromatic heterocycles. The summed E-state index contributed by atoms with van der Waals surface area (Å²) < 4.78 is 10.9. The molecule has 112 valence electrons. The number of carbonyl (C=O) groups excluding carboxylic acids is 1. The van der Waals surface area contributed by atoms with Gasteiger partial charge in [-0.1, -0.05) is 12.8 Å². The Balaban J connectivity index is 1.85. The fourth-order valence-corrected chi connectivity index (χ4v) is 3.15. The Labute approximate surface area is 122 Å². The van der Waals surface area contributed by atoms with Crippen LogP contribution in [0.4, 0.5) is 0 Å². The SMILES string of the molecule is O=C(c1ccc2c(c1)OCCO2)[C@H]1CCCC[C@H]1C(=O)O. The summed E-state index contributed by atoms with van der Waals surface area (Å²) in [6, 6.07) is 5.09. The molecule has 21 heavy (non-hydrogen) atoms. The number of carboxylic acids is 1. The molecule has 3 rings (SSSR count). The van der Waals surface area contributed by atoms with Crippen molar-refractivity contribution in [3.05, 3.63) is 23.8 Å². The van der Waals surface area contributed by atoms with Crippen LogP contribution in [-0.2, 0) is 4.79 Å². The quantitative estimate of drug-likeness (QED) is 0.866. The van der Waals surface area contributed by atoms with Crippen molar-refractivity contribution in [1.29, 1.82) is 0 Å². The van der Waals surface area contributed by atoms with Gasteiger partial charge in [0.1, 0.15) is 13.2 Å². The molecule has 1 aromatic carbocycles. The van der Waals surface area contributed by atoms with E-state index in [0.29, 0.717) is 43.1 Å². The van der Waals surface area contributed by atoms with Crippen molar-refractivity contribution in [2.75, 3.05) is 13.2 Å². The largest absolute Gasteiger partial charge is 0.486 e. The minimum absolute atomic E-state index is 0.0981. The van der Waals surface area contributed by atoms with Crippen molar-refractivity contribution in [1.82, 2.24) is 0 Å². The van der Waals surface area contributed by atoms with Crippen LogP contribution in [-0.4, -0.2) is 30.1 Å². The van der Waals surface area contributed by atoms with E-state index in [1.165, 1.54) is 0 Å². The molecule has 1 aliphatic carbocycles. The Bertz CT molecular complexity index is 566. The monoisotopic (exact) mass is 290 g/mol. The maximum absolute atomic E-state index is 12.6. The molecule has 2 atom stereocenters. The molecular weight excluding hydrogens is 272 g/mol. The molecule has 0 bridgehead atoms. The highest BCUT2D eigenvalue weighted by molar-refractivity contribution is 6.00. The summed E-state index contributed by atoms with van der Waals surface area (Å²) in [5.41, 5.74) is 0.511. The zero-order chi connectivity index (χ0) is 14.8. The standard InChI is InChI=1S/C16H18O5/c17-15(11-3-1-2-4-12(11)16(18)19)10-5-6-13-14(9-10)21-8-7-20-13/h5-6,9,11-12H,1-4,7-8H2,(H,18,19)/t11-,12+/m0/s1. The molecule has 0 spiro atoms. The van der Waals surface area contributed by atoms with Crippen LogP contribution in [0.5, 0.6) is 11.5 Å². The van der Waals surface area contributed by atoms with Crippen LogP contribution in [0.1, 0.15) is 36.0 Å². The van der Waals surface area contributed by atoms with Gasteiger partial charge in [-0.25, -0.2) is 0 Å². The van der Waals surface area contributed by atoms with Crippen molar-refractivity contribution in [2.24, 2.45) is 11.8 Å². The van der Waals surface area contributed by atoms with Gasteiger partial charge in [-0.2, -0.15) is 0 Å². The maximum atomic E-state index is 12.6. The second-order valence-electron chi connectivity index (χ2n) is 5.56. The number of fused-ring (bicyclic) bond motifs is 1. The summed E-state index contributed by atoms with van der Waals surface area (Å²) in [4.78, 5) is 24.0. The minimum Gasteiger partial charge on any atom is -0.486 e. The number of rotatable bonds is 3. The average molecular weight is 290 g/mol. The molecular formula is C16H18O5. The summed E-state index contributed by atoms with van der Waals surface area (Å²) in [5, 5.41) is 9.30. The maximum Gasteiger partial charge on any atom is 0.307 e. The second kappa shape index (κ2) is 5.76. The highest BCUT2D eigenvalue weighted by Gasteiger charge is 2.36. The van der Waals surface area contributed by atoms with Crippen LogP contribution in [0.2, 0.25) is 0 Å². The van der Waals surface area contributed by atoms with E-state index in [-0.39, 0.29) is 5.78 Å². The Morgan fingerprint density at radius 2 is 1.67 bits per heavy atom. The van der Waals surface area contributed by atoms with Crippen LogP contribution in [0.3, 0.4) is 0 Å². The van der Waals surface area contributed by atoms with E-state index < -0.39 is 17.8 Å². The summed E-state index contributed by atoms with van der Waals surface area (Å²) >= 11 is 0. The molecule has 1 N–H and O–H groups in total. The lowest BCUT2D eigenvalue weighted by atomic mass is 9.75. The Hall–Kier alpha value is -2.04. The smallest absolute Gasteiger partial charge is 0.307 e. The predicted octanol–water partition coefficient (Wildman–Crippen LogP) is 2.53. The highest BCUT2D eigenvalue weighted by Crippen LogP contribution is 2.36. The van der Waals surface area contributed by atoms with E-state index in [4.69, 9.17) is 9.47 Å². The summed E-state index contributed by atoms with van der Waals surface area (Å²) in [7, 11) is 0. The predicted molar refractivity (Wildman–Crippen MR) is 74.8 cm³/mol. The molecule has 2 aliphatic rings. The Morgan fingerprint density at radius 3 is 2.38 bits per heavy atom. The average Bonchev–Trinajstić information content (AvgIpc) is 2.53. The lowest BCUT2D eigenvalue weighted by molar-refractivity contribution is -0.144. The first kappa shape index (κ1) is 13.9. The van der Waals surface area contributed by atoms with Gasteiger partial charge in [-0.05, 0) is 31.0 Å². The molecule has 0 saturated heterocycles. The van der Waals surface area contributed by atoms with E-state index in [1.54, 1.807) is 18.2 Å². The number of hydrogen-bond donors (Lipinski definition) is 1. The van der Waals surface area contributed by atoms with E-state index in [1.807, 2.05) is 0 Å². The van der Waals surface area contributed by atoms with Crippen molar-refractivity contribution < 1.29 is 24.2 Å². The van der Waals surface area contributed by atoms with Crippen molar-refractivity contribution in [2.45, 2.75) is 25.7 Å². The van der Waals surface area contributed by atoms with Gasteiger partial charge in [0.2, 0.25) is 0 Å². The lowest BCUT2D eigenvalue weighted by Gasteiger charge is -2.27. The van der Waals surface area contributed by atoms with E-state index >= 15 is 0 Å². The third-order valence-corrected chi connectivity index (χ3v) is 4.25. The third kappa shape index (κ3) is 2.73. The molecule has 1 aromatic rings. The summed E-state index contributed by atoms with van der Waals surface area (Å²) in [6.45, 7) is 0.968. The number of ketones is 1. The van der Waals surface area contributed by atoms with Crippen LogP contribution in [0.15, 0.2) is 18.2 Å². The van der Waals surface area contributed by atoms with Crippen LogP contribution < -0.4 is 9.47 Å². The minimum atomic E-state index is -0.870. The topological polar surface area (TPSA) is 72.8 Å². The van der Waals surface area contributed by atoms with Gasteiger partial charge in [-0.3, -0.25) is 9.59 Å². The number of ether oxygens (including phenoxy) is 2. The molecule has 1 fully saturated rings. The van der Waals surface area contributed by atoms with E-state index in [0.717, 1.165) is 12.8 Å². The zero-order valence-corrected chi connectivity index (χ0v) is 11.7. The van der Waals surface area contributed by atoms with Crippen molar-refractivity contribution in [3.8, 4) is 11.5 Å². The van der Waals surface area contributed by atoms with Gasteiger partial charge in [-0.15, -0.1) is 0 Å². The first-order valence-corrected chi connectivity index (χ1v) is 7.33. The van der Waals surface area contributed by atoms with E-state index in [2.05, 4.69) is 0 Å². The van der Waals surface area contributed by atoms with Crippen molar-refractivity contribution >= 4 is 11.8 Å². The molecule has 1 aliphatic heterocycles. The summed E-state index contributed by atoms with van der Waals surface area (Å²) in [5.74, 6) is -0.770. The molecule has 0 unspecified atom stereocenters. The normalized spacial score (nSPS) is 24.4. The first-order chi connectivity index (χ1) is 10.2. The van der Waals surface area contributed by atoms with Gasteiger partial charge in [0.15, 0.2) is 17.3 Å². The van der Waals surface area contributed by atoms with Crippen LogP contribution in [0, 0.1) is 11.8 Å². The lowest BCUT2D eigenvalue weighted by Crippen LogP contribution is -2.32. The van der Waals surface area contributed by atoms with Gasteiger partial charge >= 0.3 is 5.97 Å². The fourth-order valence-electron chi connectivity index (χ4n) is 3.15. The number of hydrogen-bond acceptors (Lipinski definition) is 4. The fraction of sp³-hybridized carbons (Fsp3) is 0.500. The van der Waals surface area contributed by atoms with Gasteiger partial charge < -0.3 is 14.6 Å². The van der Waals surface area contributed by atoms with Crippen LogP contribution >= 0.6 is 0 Å². The number of carboxylic acid groups (broad SMARTS) is 1. The molecule has 1 heterocycles. The van der Waals surface area contributed by atoms with Crippen LogP contribution in [0.25, 0.3) is 0 Å². The van der Waals surface area contributed by atoms with Crippen molar-refractivity contribution in [3.63, 3.8) is 0 Å². The third-order valence-electron chi connectivity index (χ3n) is 4.25. The summed E-state index contributed by atoms with van der Waals surface area (Å²) in [6.07, 6.45) is 3.01. The number of benzene rings is 1. The molecule has 0 amide bonds.